The molecule has 6 nitrogen and oxygen atoms in total. The lowest BCUT2D eigenvalue weighted by Gasteiger charge is -2.06. The quantitative estimate of drug-likeness (QED) is 0.432. The maximum Gasteiger partial charge on any atom is 0.306 e. The van der Waals surface area contributed by atoms with E-state index in [0.717, 1.165) is 28.1 Å². The first-order chi connectivity index (χ1) is 12.8. The minimum Gasteiger partial charge on any atom is -0.432 e. The Labute approximate surface area is 153 Å². The molecule has 1 N–H and O–H groups in total. The number of imidazole rings is 1. The van der Waals surface area contributed by atoms with Crippen LogP contribution in [0.4, 0.5) is 0 Å². The second kappa shape index (κ2) is 6.94. The fourth-order valence-corrected chi connectivity index (χ4v) is 3.18. The van der Waals surface area contributed by atoms with E-state index in [2.05, 4.69) is 10.3 Å². The van der Waals surface area contributed by atoms with Gasteiger partial charge in [0.05, 0.1) is 0 Å². The van der Waals surface area contributed by atoms with Gasteiger partial charge in [0.1, 0.15) is 23.1 Å². The molecule has 2 heterocycles. The highest BCUT2D eigenvalue weighted by molar-refractivity contribution is 8.03. The summed E-state index contributed by atoms with van der Waals surface area (Å²) in [5, 5.41) is 15.6. The maximum absolute atomic E-state index is 12.7. The third-order valence-corrected chi connectivity index (χ3v) is 4.59. The molecular weight excluding hydrogens is 348 g/mol. The van der Waals surface area contributed by atoms with E-state index < -0.39 is 0 Å². The Hall–Kier alpha value is -3.24. The fraction of sp³-hybridized carbons (Fsp3) is 0.105. The fourth-order valence-electron chi connectivity index (χ4n) is 2.89. The normalized spacial score (nSPS) is 10.9. The second-order valence-corrected chi connectivity index (χ2v) is 6.50. The van der Waals surface area contributed by atoms with Gasteiger partial charge in [-0.05, 0) is 28.6 Å². The zero-order valence-electron chi connectivity index (χ0n) is 13.7. The molecule has 0 radical (unpaired) electrons. The molecule has 0 unspecified atom stereocenters. The van der Waals surface area contributed by atoms with E-state index in [1.165, 1.54) is 6.26 Å². The summed E-state index contributed by atoms with van der Waals surface area (Å²) < 4.78 is 7.00. The first kappa shape index (κ1) is 16.2. The Morgan fingerprint density at radius 1 is 1.27 bits per heavy atom. The molecule has 0 atom stereocenters. The van der Waals surface area contributed by atoms with Crippen molar-refractivity contribution in [3.8, 4) is 16.7 Å². The average molecular weight is 362 g/mol. The van der Waals surface area contributed by atoms with Crippen LogP contribution in [-0.2, 0) is 0 Å². The van der Waals surface area contributed by atoms with Crippen LogP contribution in [0.5, 0.6) is 0 Å². The van der Waals surface area contributed by atoms with Crippen LogP contribution in [0.3, 0.4) is 0 Å². The highest BCUT2D eigenvalue weighted by Gasteiger charge is 2.22. The number of nitrogens with zero attached hydrogens (tertiary/aromatic N) is 3. The third kappa shape index (κ3) is 2.91. The lowest BCUT2D eigenvalue weighted by atomic mass is 10.0. The number of rotatable bonds is 5. The zero-order valence-corrected chi connectivity index (χ0v) is 14.5. The number of aromatic nitrogens is 2. The summed E-state index contributed by atoms with van der Waals surface area (Å²) in [6.45, 7) is 0.402. The van der Waals surface area contributed by atoms with E-state index in [1.807, 2.05) is 47.9 Å². The van der Waals surface area contributed by atoms with Gasteiger partial charge in [-0.15, -0.1) is 0 Å². The number of hydrogen-bond acceptors (Lipinski definition) is 5. The van der Waals surface area contributed by atoms with Crippen LogP contribution >= 0.6 is 11.8 Å². The smallest absolute Gasteiger partial charge is 0.306 e. The van der Waals surface area contributed by atoms with Gasteiger partial charge < -0.3 is 9.73 Å². The van der Waals surface area contributed by atoms with E-state index >= 15 is 0 Å². The molecule has 2 aromatic heterocycles. The van der Waals surface area contributed by atoms with Crippen molar-refractivity contribution < 1.29 is 9.21 Å². The SMILES string of the molecule is N#CSCCNC(=O)c1c(-c2ccc3ccccc3c2)nc2occn12. The molecule has 2 aromatic carbocycles. The number of carbonyl (C=O) groups excluding carboxylic acids is 1. The van der Waals surface area contributed by atoms with Crippen molar-refractivity contribution in [2.24, 2.45) is 0 Å². The van der Waals surface area contributed by atoms with E-state index in [-0.39, 0.29) is 5.91 Å². The van der Waals surface area contributed by atoms with Gasteiger partial charge in [0.15, 0.2) is 0 Å². The van der Waals surface area contributed by atoms with E-state index in [1.54, 1.807) is 10.6 Å². The summed E-state index contributed by atoms with van der Waals surface area (Å²) in [4.78, 5) is 17.2. The summed E-state index contributed by atoms with van der Waals surface area (Å²) in [5.41, 5.74) is 1.84. The Morgan fingerprint density at radius 2 is 2.12 bits per heavy atom. The van der Waals surface area contributed by atoms with Gasteiger partial charge in [-0.3, -0.25) is 9.20 Å². The Kier molecular flexibility index (Phi) is 4.33. The van der Waals surface area contributed by atoms with Gasteiger partial charge in [-0.1, -0.05) is 36.4 Å². The third-order valence-electron chi connectivity index (χ3n) is 4.05. The number of hydrogen-bond donors (Lipinski definition) is 1. The largest absolute Gasteiger partial charge is 0.432 e. The minimum atomic E-state index is -0.249. The summed E-state index contributed by atoms with van der Waals surface area (Å²) in [6, 6.07) is 14.0. The number of thiocyanates is 1. The number of nitriles is 1. The van der Waals surface area contributed by atoms with Gasteiger partial charge in [0.25, 0.3) is 5.91 Å². The zero-order chi connectivity index (χ0) is 17.9. The summed E-state index contributed by atoms with van der Waals surface area (Å²) >= 11 is 1.10. The molecule has 4 rings (SSSR count). The number of oxazole rings is 1. The van der Waals surface area contributed by atoms with Crippen LogP contribution in [-0.4, -0.2) is 27.6 Å². The molecule has 0 aliphatic heterocycles. The number of benzene rings is 2. The van der Waals surface area contributed by atoms with Crippen molar-refractivity contribution in [2.75, 3.05) is 12.3 Å². The average Bonchev–Trinajstić information content (AvgIpc) is 3.25. The molecule has 0 aliphatic rings. The van der Waals surface area contributed by atoms with Crippen LogP contribution in [0.15, 0.2) is 59.3 Å². The van der Waals surface area contributed by atoms with Gasteiger partial charge in [0, 0.05) is 24.1 Å². The van der Waals surface area contributed by atoms with Gasteiger partial charge in [-0.25, -0.2) is 0 Å². The number of fused-ring (bicyclic) bond motifs is 2. The van der Waals surface area contributed by atoms with Gasteiger partial charge >= 0.3 is 5.84 Å². The van der Waals surface area contributed by atoms with Crippen LogP contribution in [0.25, 0.3) is 27.9 Å². The highest BCUT2D eigenvalue weighted by atomic mass is 32.2. The molecule has 4 aromatic rings. The lowest BCUT2D eigenvalue weighted by molar-refractivity contribution is 0.0951. The molecule has 1 amide bonds. The van der Waals surface area contributed by atoms with Gasteiger partial charge in [-0.2, -0.15) is 10.2 Å². The molecular formula is C19H14N4O2S. The predicted molar refractivity (Wildman–Crippen MR) is 101 cm³/mol. The summed E-state index contributed by atoms with van der Waals surface area (Å²) in [7, 11) is 0. The summed E-state index contributed by atoms with van der Waals surface area (Å²) in [6.07, 6.45) is 3.17. The first-order valence-electron chi connectivity index (χ1n) is 8.02. The molecule has 0 saturated heterocycles. The molecule has 0 bridgehead atoms. The molecule has 0 saturated carbocycles. The lowest BCUT2D eigenvalue weighted by Crippen LogP contribution is -2.27. The van der Waals surface area contributed by atoms with Crippen molar-refractivity contribution in [3.63, 3.8) is 0 Å². The van der Waals surface area contributed by atoms with Crippen LogP contribution in [0.2, 0.25) is 0 Å². The number of carbonyl (C=O) groups is 1. The van der Waals surface area contributed by atoms with Gasteiger partial charge in [0.2, 0.25) is 0 Å². The monoisotopic (exact) mass is 362 g/mol. The molecule has 128 valence electrons. The van der Waals surface area contributed by atoms with Crippen molar-refractivity contribution in [1.29, 1.82) is 5.26 Å². The number of thioether (sulfide) groups is 1. The second-order valence-electron chi connectivity index (χ2n) is 5.62. The number of amides is 1. The Bertz CT molecular complexity index is 1140. The molecule has 0 spiro atoms. The molecule has 0 fully saturated rings. The standard InChI is InChI=1S/C19H14N4O2S/c20-12-26-10-7-21-18(24)17-16(22-19-23(17)8-9-25-19)15-6-5-13-3-1-2-4-14(13)11-15/h1-6,8-9,11H,7,10H2,(H,21,24). The van der Waals surface area contributed by atoms with E-state index in [4.69, 9.17) is 9.68 Å². The minimum absolute atomic E-state index is 0.249. The number of nitrogens with one attached hydrogen (secondary N) is 1. The highest BCUT2D eigenvalue weighted by Crippen LogP contribution is 2.28. The predicted octanol–water partition coefficient (Wildman–Crippen LogP) is 3.69. The Morgan fingerprint density at radius 3 is 2.96 bits per heavy atom. The van der Waals surface area contributed by atoms with Crippen LogP contribution in [0.1, 0.15) is 10.5 Å². The molecule has 26 heavy (non-hydrogen) atoms. The first-order valence-corrected chi connectivity index (χ1v) is 9.00. The van der Waals surface area contributed by atoms with Crippen LogP contribution < -0.4 is 5.32 Å². The molecule has 7 heteroatoms. The van der Waals surface area contributed by atoms with Crippen molar-refractivity contribution >= 4 is 34.3 Å². The Balaban J connectivity index is 1.75. The van der Waals surface area contributed by atoms with Crippen molar-refractivity contribution in [2.45, 2.75) is 0 Å². The van der Waals surface area contributed by atoms with E-state index in [0.29, 0.717) is 29.5 Å². The summed E-state index contributed by atoms with van der Waals surface area (Å²) in [5.74, 6) is 0.645. The molecule has 0 aliphatic carbocycles. The van der Waals surface area contributed by atoms with Crippen molar-refractivity contribution in [1.82, 2.24) is 14.7 Å². The maximum atomic E-state index is 12.7. The topological polar surface area (TPSA) is 83.3 Å². The van der Waals surface area contributed by atoms with Crippen molar-refractivity contribution in [3.05, 3.63) is 60.6 Å². The van der Waals surface area contributed by atoms with E-state index in [9.17, 15) is 4.79 Å². The van der Waals surface area contributed by atoms with Crippen LogP contribution in [0, 0.1) is 10.7 Å².